The van der Waals surface area contributed by atoms with E-state index in [1.54, 1.807) is 36.5 Å². The van der Waals surface area contributed by atoms with Crippen LogP contribution < -0.4 is 0 Å². The Morgan fingerprint density at radius 3 is 2.42 bits per heavy atom. The summed E-state index contributed by atoms with van der Waals surface area (Å²) in [5, 5.41) is 11.9. The van der Waals surface area contributed by atoms with E-state index < -0.39 is 0 Å². The predicted octanol–water partition coefficient (Wildman–Crippen LogP) is 1.93. The van der Waals surface area contributed by atoms with Gasteiger partial charge in [-0.2, -0.15) is 4.80 Å². The van der Waals surface area contributed by atoms with Gasteiger partial charge < -0.3 is 4.90 Å². The average Bonchev–Trinajstić information content (AvgIpc) is 3.06. The summed E-state index contributed by atoms with van der Waals surface area (Å²) in [6, 6.07) is 11.1. The number of hydrogen-bond donors (Lipinski definition) is 0. The van der Waals surface area contributed by atoms with Crippen molar-refractivity contribution in [2.75, 3.05) is 6.54 Å². The van der Waals surface area contributed by atoms with Gasteiger partial charge in [0.1, 0.15) is 0 Å². The Bertz CT molecular complexity index is 813. The number of carbonyl (C=O) groups is 1. The second-order valence-corrected chi connectivity index (χ2v) is 5.35. The molecule has 2 heterocycles. The van der Waals surface area contributed by atoms with Crippen LogP contribution in [0.25, 0.3) is 11.4 Å². The molecule has 1 aromatic carbocycles. The molecule has 7 nitrogen and oxygen atoms in total. The molecule has 24 heavy (non-hydrogen) atoms. The molecule has 0 saturated heterocycles. The number of rotatable bonds is 5. The Kier molecular flexibility index (Phi) is 4.60. The Morgan fingerprint density at radius 1 is 1.12 bits per heavy atom. The van der Waals surface area contributed by atoms with E-state index in [0.717, 1.165) is 11.1 Å². The molecule has 0 N–H and O–H groups in total. The number of amides is 1. The minimum Gasteiger partial charge on any atom is -0.335 e. The maximum atomic E-state index is 12.7. The van der Waals surface area contributed by atoms with E-state index in [1.807, 2.05) is 31.2 Å². The lowest BCUT2D eigenvalue weighted by Gasteiger charge is -2.21. The minimum atomic E-state index is -0.00651. The van der Waals surface area contributed by atoms with Crippen molar-refractivity contribution in [3.63, 3.8) is 0 Å². The molecule has 1 amide bonds. The fourth-order valence-electron chi connectivity index (χ4n) is 2.38. The number of benzene rings is 1. The zero-order chi connectivity index (χ0) is 16.9. The molecule has 0 spiro atoms. The normalized spacial score (nSPS) is 10.6. The van der Waals surface area contributed by atoms with Crippen LogP contribution in [0.2, 0.25) is 0 Å². The van der Waals surface area contributed by atoms with Crippen LogP contribution in [-0.4, -0.2) is 42.5 Å². The van der Waals surface area contributed by atoms with E-state index in [-0.39, 0.29) is 5.91 Å². The Balaban J connectivity index is 1.76. The molecule has 0 fully saturated rings. The summed E-state index contributed by atoms with van der Waals surface area (Å²) in [5.74, 6) is 0.536. The smallest absolute Gasteiger partial charge is 0.254 e. The van der Waals surface area contributed by atoms with Crippen LogP contribution in [0.4, 0.5) is 0 Å². The summed E-state index contributed by atoms with van der Waals surface area (Å²) in [6.45, 7) is 3.16. The van der Waals surface area contributed by atoms with Gasteiger partial charge in [0.15, 0.2) is 0 Å². The van der Waals surface area contributed by atoms with Crippen molar-refractivity contribution in [1.82, 2.24) is 30.1 Å². The first-order chi connectivity index (χ1) is 11.7. The van der Waals surface area contributed by atoms with Crippen molar-refractivity contribution in [3.05, 3.63) is 59.9 Å². The van der Waals surface area contributed by atoms with Crippen molar-refractivity contribution in [2.24, 2.45) is 7.05 Å². The molecule has 0 bridgehead atoms. The Labute approximate surface area is 139 Å². The molecule has 0 atom stereocenters. The van der Waals surface area contributed by atoms with Crippen LogP contribution >= 0.6 is 0 Å². The molecule has 3 aromatic rings. The van der Waals surface area contributed by atoms with Crippen molar-refractivity contribution in [2.45, 2.75) is 13.5 Å². The zero-order valence-electron chi connectivity index (χ0n) is 13.6. The summed E-state index contributed by atoms with van der Waals surface area (Å²) in [7, 11) is 1.71. The third kappa shape index (κ3) is 3.45. The number of aryl methyl sites for hydroxylation is 1. The number of nitrogens with zero attached hydrogens (tertiary/aromatic N) is 6. The second-order valence-electron chi connectivity index (χ2n) is 5.35. The van der Waals surface area contributed by atoms with Crippen LogP contribution in [0.1, 0.15) is 22.8 Å². The fraction of sp³-hybridized carbons (Fsp3) is 0.235. The van der Waals surface area contributed by atoms with Gasteiger partial charge in [-0.05, 0) is 42.0 Å². The SMILES string of the molecule is CCN(Cc1ccncc1)C(=O)c1ccc(-c2nnn(C)n2)cc1. The molecule has 0 radical (unpaired) electrons. The number of pyridine rings is 1. The largest absolute Gasteiger partial charge is 0.335 e. The molecule has 0 aliphatic carbocycles. The van der Waals surface area contributed by atoms with E-state index in [2.05, 4.69) is 20.4 Å². The minimum absolute atomic E-state index is 0.00651. The lowest BCUT2D eigenvalue weighted by molar-refractivity contribution is 0.0752. The van der Waals surface area contributed by atoms with Crippen LogP contribution in [0.15, 0.2) is 48.8 Å². The highest BCUT2D eigenvalue weighted by Gasteiger charge is 2.15. The molecular weight excluding hydrogens is 304 g/mol. The summed E-state index contributed by atoms with van der Waals surface area (Å²) >= 11 is 0. The molecule has 122 valence electrons. The van der Waals surface area contributed by atoms with Crippen molar-refractivity contribution in [1.29, 1.82) is 0 Å². The Morgan fingerprint density at radius 2 is 1.83 bits per heavy atom. The Hall–Kier alpha value is -3.09. The van der Waals surface area contributed by atoms with Crippen molar-refractivity contribution < 1.29 is 4.79 Å². The molecule has 2 aromatic heterocycles. The summed E-state index contributed by atoms with van der Waals surface area (Å²) < 4.78 is 0. The monoisotopic (exact) mass is 322 g/mol. The molecule has 7 heteroatoms. The quantitative estimate of drug-likeness (QED) is 0.717. The maximum absolute atomic E-state index is 12.7. The van der Waals surface area contributed by atoms with Crippen molar-refractivity contribution >= 4 is 5.91 Å². The van der Waals surface area contributed by atoms with Gasteiger partial charge in [-0.15, -0.1) is 10.2 Å². The van der Waals surface area contributed by atoms with E-state index in [9.17, 15) is 4.79 Å². The lowest BCUT2D eigenvalue weighted by atomic mass is 10.1. The first-order valence-corrected chi connectivity index (χ1v) is 7.70. The molecule has 0 unspecified atom stereocenters. The number of aromatic nitrogens is 5. The van der Waals surface area contributed by atoms with Gasteiger partial charge in [-0.25, -0.2) is 0 Å². The van der Waals surface area contributed by atoms with Crippen LogP contribution in [0.3, 0.4) is 0 Å². The van der Waals surface area contributed by atoms with E-state index in [4.69, 9.17) is 0 Å². The fourth-order valence-corrected chi connectivity index (χ4v) is 2.38. The van der Waals surface area contributed by atoms with Gasteiger partial charge in [0, 0.05) is 36.6 Å². The van der Waals surface area contributed by atoms with Gasteiger partial charge in [0.2, 0.25) is 5.82 Å². The number of carbonyl (C=O) groups excluding carboxylic acids is 1. The third-order valence-corrected chi connectivity index (χ3v) is 3.69. The summed E-state index contributed by atoms with van der Waals surface area (Å²) in [6.07, 6.45) is 3.46. The van der Waals surface area contributed by atoms with E-state index >= 15 is 0 Å². The molecule has 0 aliphatic rings. The van der Waals surface area contributed by atoms with Gasteiger partial charge >= 0.3 is 0 Å². The van der Waals surface area contributed by atoms with Gasteiger partial charge in [0.25, 0.3) is 5.91 Å². The van der Waals surface area contributed by atoms with E-state index in [0.29, 0.717) is 24.5 Å². The first-order valence-electron chi connectivity index (χ1n) is 7.70. The maximum Gasteiger partial charge on any atom is 0.254 e. The molecule has 0 aliphatic heterocycles. The van der Waals surface area contributed by atoms with Crippen LogP contribution in [0.5, 0.6) is 0 Å². The first kappa shape index (κ1) is 15.8. The van der Waals surface area contributed by atoms with Gasteiger partial charge in [-0.3, -0.25) is 9.78 Å². The predicted molar refractivity (Wildman–Crippen MR) is 88.9 cm³/mol. The van der Waals surface area contributed by atoms with Crippen LogP contribution in [-0.2, 0) is 13.6 Å². The van der Waals surface area contributed by atoms with Crippen molar-refractivity contribution in [3.8, 4) is 11.4 Å². The standard InChI is InChI=1S/C17H18N6O/c1-3-23(12-13-8-10-18-11-9-13)17(24)15-6-4-14(5-7-15)16-19-21-22(2)20-16/h4-11H,3,12H2,1-2H3. The number of tetrazole rings is 1. The summed E-state index contributed by atoms with van der Waals surface area (Å²) in [5.41, 5.74) is 2.52. The highest BCUT2D eigenvalue weighted by Crippen LogP contribution is 2.16. The second kappa shape index (κ2) is 6.99. The molecular formula is C17H18N6O. The third-order valence-electron chi connectivity index (χ3n) is 3.69. The topological polar surface area (TPSA) is 76.8 Å². The average molecular weight is 322 g/mol. The number of hydrogen-bond acceptors (Lipinski definition) is 5. The molecule has 3 rings (SSSR count). The highest BCUT2D eigenvalue weighted by atomic mass is 16.2. The lowest BCUT2D eigenvalue weighted by Crippen LogP contribution is -2.30. The molecule has 0 saturated carbocycles. The summed E-state index contributed by atoms with van der Waals surface area (Å²) in [4.78, 5) is 19.9. The van der Waals surface area contributed by atoms with Gasteiger partial charge in [0.05, 0.1) is 7.05 Å². The van der Waals surface area contributed by atoms with Gasteiger partial charge in [-0.1, -0.05) is 12.1 Å². The zero-order valence-corrected chi connectivity index (χ0v) is 13.6. The van der Waals surface area contributed by atoms with E-state index in [1.165, 1.54) is 4.80 Å². The van der Waals surface area contributed by atoms with Crippen LogP contribution in [0, 0.1) is 0 Å². The highest BCUT2D eigenvalue weighted by molar-refractivity contribution is 5.94.